The minimum absolute atomic E-state index is 0.775. The molecule has 18 heavy (non-hydrogen) atoms. The Kier molecular flexibility index (Phi) is 5.46. The molecule has 1 aliphatic carbocycles. The van der Waals surface area contributed by atoms with Crippen molar-refractivity contribution in [2.75, 3.05) is 33.7 Å². The monoisotopic (exact) mass is 253 g/mol. The lowest BCUT2D eigenvalue weighted by molar-refractivity contribution is 0.0776. The first-order chi connectivity index (χ1) is 8.74. The number of hydrogen-bond acceptors (Lipinski definition) is 3. The molecule has 0 bridgehead atoms. The molecule has 0 aromatic rings. The van der Waals surface area contributed by atoms with Gasteiger partial charge in [0.2, 0.25) is 0 Å². The van der Waals surface area contributed by atoms with Crippen molar-refractivity contribution in [3.8, 4) is 0 Å². The Balaban J connectivity index is 1.76. The first kappa shape index (κ1) is 14.3. The van der Waals surface area contributed by atoms with Crippen LogP contribution in [0.2, 0.25) is 0 Å². The molecule has 1 heterocycles. The summed E-state index contributed by atoms with van der Waals surface area (Å²) in [5.41, 5.74) is 0. The van der Waals surface area contributed by atoms with E-state index in [2.05, 4.69) is 36.1 Å². The predicted molar refractivity (Wildman–Crippen MR) is 78.0 cm³/mol. The van der Waals surface area contributed by atoms with Crippen molar-refractivity contribution in [3.05, 3.63) is 0 Å². The molecule has 0 aromatic heterocycles. The van der Waals surface area contributed by atoms with E-state index in [4.69, 9.17) is 0 Å². The fourth-order valence-corrected chi connectivity index (χ4v) is 3.71. The second-order valence-corrected chi connectivity index (χ2v) is 6.13. The largest absolute Gasteiger partial charge is 0.317 e. The zero-order valence-electron chi connectivity index (χ0n) is 12.5. The fourth-order valence-electron chi connectivity index (χ4n) is 3.71. The van der Waals surface area contributed by atoms with Crippen LogP contribution in [0.15, 0.2) is 0 Å². The molecule has 2 aliphatic rings. The Morgan fingerprint density at radius 1 is 1.00 bits per heavy atom. The third-order valence-electron chi connectivity index (χ3n) is 5.26. The first-order valence-electron chi connectivity index (χ1n) is 7.86. The maximum absolute atomic E-state index is 3.43. The van der Waals surface area contributed by atoms with Gasteiger partial charge in [-0.1, -0.05) is 6.92 Å². The normalized spacial score (nSPS) is 32.0. The molecule has 106 valence electrons. The van der Waals surface area contributed by atoms with Gasteiger partial charge in [-0.05, 0) is 72.3 Å². The van der Waals surface area contributed by atoms with Crippen LogP contribution in [-0.4, -0.2) is 61.7 Å². The third-order valence-corrected chi connectivity index (χ3v) is 5.26. The van der Waals surface area contributed by atoms with E-state index in [-0.39, 0.29) is 0 Å². The van der Waals surface area contributed by atoms with Gasteiger partial charge >= 0.3 is 0 Å². The van der Waals surface area contributed by atoms with E-state index in [0.29, 0.717) is 0 Å². The molecule has 2 rings (SSSR count). The molecule has 0 aromatic carbocycles. The van der Waals surface area contributed by atoms with Crippen LogP contribution < -0.4 is 5.32 Å². The zero-order valence-corrected chi connectivity index (χ0v) is 12.5. The van der Waals surface area contributed by atoms with Crippen molar-refractivity contribution in [1.29, 1.82) is 0 Å². The lowest BCUT2D eigenvalue weighted by Gasteiger charge is -2.42. The maximum Gasteiger partial charge on any atom is 0.0119 e. The van der Waals surface area contributed by atoms with Gasteiger partial charge in [0.05, 0.1) is 0 Å². The summed E-state index contributed by atoms with van der Waals surface area (Å²) >= 11 is 0. The molecule has 1 saturated heterocycles. The highest BCUT2D eigenvalue weighted by Crippen LogP contribution is 2.26. The predicted octanol–water partition coefficient (Wildman–Crippen LogP) is 1.93. The summed E-state index contributed by atoms with van der Waals surface area (Å²) in [5, 5.41) is 3.43. The minimum Gasteiger partial charge on any atom is -0.317 e. The summed E-state index contributed by atoms with van der Waals surface area (Å²) < 4.78 is 0. The van der Waals surface area contributed by atoms with Crippen molar-refractivity contribution in [3.63, 3.8) is 0 Å². The van der Waals surface area contributed by atoms with Crippen LogP contribution in [-0.2, 0) is 0 Å². The van der Waals surface area contributed by atoms with Gasteiger partial charge < -0.3 is 15.1 Å². The first-order valence-corrected chi connectivity index (χ1v) is 7.86. The second kappa shape index (κ2) is 6.88. The smallest absolute Gasteiger partial charge is 0.0119 e. The molecule has 1 saturated carbocycles. The minimum atomic E-state index is 0.775. The Hall–Kier alpha value is -0.120. The molecule has 2 fully saturated rings. The summed E-state index contributed by atoms with van der Waals surface area (Å²) in [6, 6.07) is 2.45. The summed E-state index contributed by atoms with van der Waals surface area (Å²) in [7, 11) is 4.48. The van der Waals surface area contributed by atoms with Crippen molar-refractivity contribution in [2.45, 2.75) is 63.6 Å². The summed E-state index contributed by atoms with van der Waals surface area (Å²) in [6.07, 6.45) is 8.23. The molecule has 0 spiro atoms. The molecule has 0 unspecified atom stereocenters. The lowest BCUT2D eigenvalue weighted by atomic mass is 9.89. The van der Waals surface area contributed by atoms with E-state index in [0.717, 1.165) is 18.1 Å². The molecule has 3 nitrogen and oxygen atoms in total. The quantitative estimate of drug-likeness (QED) is 0.826. The molecular formula is C15H31N3. The number of rotatable bonds is 4. The van der Waals surface area contributed by atoms with Crippen LogP contribution in [0, 0.1) is 0 Å². The van der Waals surface area contributed by atoms with E-state index >= 15 is 0 Å². The molecule has 1 N–H and O–H groups in total. The van der Waals surface area contributed by atoms with Gasteiger partial charge in [0.1, 0.15) is 0 Å². The summed E-state index contributed by atoms with van der Waals surface area (Å²) in [5.74, 6) is 0. The number of hydrogen-bond donors (Lipinski definition) is 1. The highest BCUT2D eigenvalue weighted by atomic mass is 15.2. The summed E-state index contributed by atoms with van der Waals surface area (Å²) in [6.45, 7) is 6.11. The van der Waals surface area contributed by atoms with E-state index < -0.39 is 0 Å². The van der Waals surface area contributed by atoms with Crippen molar-refractivity contribution in [2.24, 2.45) is 0 Å². The van der Waals surface area contributed by atoms with Gasteiger partial charge in [0.15, 0.2) is 0 Å². The van der Waals surface area contributed by atoms with Crippen molar-refractivity contribution >= 4 is 0 Å². The van der Waals surface area contributed by atoms with Crippen LogP contribution in [0.25, 0.3) is 0 Å². The Morgan fingerprint density at radius 2 is 1.56 bits per heavy atom. The maximum atomic E-state index is 3.43. The van der Waals surface area contributed by atoms with Gasteiger partial charge in [-0.15, -0.1) is 0 Å². The highest BCUT2D eigenvalue weighted by molar-refractivity contribution is 4.86. The average molecular weight is 253 g/mol. The van der Waals surface area contributed by atoms with E-state index in [1.54, 1.807) is 0 Å². The third kappa shape index (κ3) is 3.46. The topological polar surface area (TPSA) is 18.5 Å². The number of nitrogens with one attached hydrogen (secondary N) is 1. The molecule has 0 atom stereocenters. The molecule has 3 heteroatoms. The molecule has 0 radical (unpaired) electrons. The lowest BCUT2D eigenvalue weighted by Crippen LogP contribution is -2.49. The van der Waals surface area contributed by atoms with Gasteiger partial charge in [0.25, 0.3) is 0 Å². The Bertz CT molecular complexity index is 204. The standard InChI is InChI=1S/C15H31N3/c1-4-18-11-9-15(10-12-18)17(3)14-7-5-13(16-2)6-8-14/h13-16H,4-12H2,1-3H3. The van der Waals surface area contributed by atoms with Crippen LogP contribution >= 0.6 is 0 Å². The highest BCUT2D eigenvalue weighted by Gasteiger charge is 2.29. The van der Waals surface area contributed by atoms with Crippen molar-refractivity contribution < 1.29 is 0 Å². The van der Waals surface area contributed by atoms with Crippen molar-refractivity contribution in [1.82, 2.24) is 15.1 Å². The van der Waals surface area contributed by atoms with Crippen LogP contribution in [0.4, 0.5) is 0 Å². The van der Waals surface area contributed by atoms with Gasteiger partial charge in [-0.25, -0.2) is 0 Å². The molecule has 0 amide bonds. The number of nitrogens with zero attached hydrogens (tertiary/aromatic N) is 2. The Labute approximate surface area is 113 Å². The Morgan fingerprint density at radius 3 is 2.06 bits per heavy atom. The zero-order chi connectivity index (χ0) is 13.0. The summed E-state index contributed by atoms with van der Waals surface area (Å²) in [4.78, 5) is 5.29. The fraction of sp³-hybridized carbons (Fsp3) is 1.00. The van der Waals surface area contributed by atoms with Gasteiger partial charge in [-0.2, -0.15) is 0 Å². The molecular weight excluding hydrogens is 222 g/mol. The van der Waals surface area contributed by atoms with Crippen LogP contribution in [0.3, 0.4) is 0 Å². The SMILES string of the molecule is CCN1CCC(N(C)C2CCC(NC)CC2)CC1. The van der Waals surface area contributed by atoms with Gasteiger partial charge in [0, 0.05) is 18.1 Å². The van der Waals surface area contributed by atoms with E-state index in [1.807, 2.05) is 0 Å². The second-order valence-electron chi connectivity index (χ2n) is 6.13. The van der Waals surface area contributed by atoms with E-state index in [9.17, 15) is 0 Å². The number of likely N-dealkylation sites (tertiary alicyclic amines) is 1. The number of piperidine rings is 1. The van der Waals surface area contributed by atoms with E-state index in [1.165, 1.54) is 58.2 Å². The average Bonchev–Trinajstić information content (AvgIpc) is 2.47. The van der Waals surface area contributed by atoms with Crippen LogP contribution in [0.1, 0.15) is 45.4 Å². The molecule has 1 aliphatic heterocycles. The van der Waals surface area contributed by atoms with Crippen LogP contribution in [0.5, 0.6) is 0 Å². The van der Waals surface area contributed by atoms with Gasteiger partial charge in [-0.3, -0.25) is 0 Å².